The van der Waals surface area contributed by atoms with Gasteiger partial charge in [-0.15, -0.1) is 3.96 Å². The number of nitrogens with zero attached hydrogens (tertiary/aromatic N) is 11. The molecule has 0 bridgehead atoms. The predicted molar refractivity (Wildman–Crippen MR) is 377 cm³/mol. The lowest BCUT2D eigenvalue weighted by molar-refractivity contribution is -0.725. The first kappa shape index (κ1) is 72.3. The number of hydrogen-bond acceptors (Lipinski definition) is 9. The van der Waals surface area contributed by atoms with Crippen LogP contribution in [0.4, 0.5) is 22.1 Å². The van der Waals surface area contributed by atoms with E-state index in [0.29, 0.717) is 72.3 Å². The molecule has 0 saturated heterocycles. The molecular weight excluding hydrogens is 1150 g/mol. The van der Waals surface area contributed by atoms with Gasteiger partial charge in [-0.1, -0.05) is 39.0 Å². The van der Waals surface area contributed by atoms with Crippen LogP contribution in [-0.2, 0) is 45.1 Å². The Balaban J connectivity index is 0.000000154. The standard InChI is InChI=1S/2C13H22N3.C13H21N2O.C12H21N2.C12H20NS.C11H19N2S/c1-10(2)15-9-5-6-13-12(15)7-8-14-16(13)11(3)4;1-10(2)15-8-5-6-12-13(15)7-9-16(14-12)11(3)4;1-10(2)14-8-9-16-13-12(14)6-5-7-15(13)11(3)4;1-9(2)11-8-14(10(3)4)12-6-5-7-13(11)12;1-8(2)12-13(9(3)4)10-6-5-7-11(10)14-12;1-8(2)12-6-5-10-7-13(9(3)4)14-11(10)12/h5-6,9-11,14H,7-8H2,1-4H3;5-6,8,10-11,14H,7,9H2,1-4H3;5-7,10-11H,8-9H2,1-4H3;8-10H,5-7H2,1-4H3;8-9H,5-7H2,1-4H3;7-9H,5-6H2,1-4H3/q6*+1. The van der Waals surface area contributed by atoms with Gasteiger partial charge in [0.15, 0.2) is 82.9 Å². The molecule has 0 fully saturated rings. The van der Waals surface area contributed by atoms with Gasteiger partial charge in [-0.2, -0.15) is 18.3 Å². The molecule has 0 unspecified atom stereocenters. The average molecular weight is 1280 g/mol. The van der Waals surface area contributed by atoms with Crippen LogP contribution in [0.5, 0.6) is 5.88 Å². The van der Waals surface area contributed by atoms with E-state index in [0.717, 1.165) is 45.0 Å². The molecule has 6 aliphatic rings. The first-order valence-electron chi connectivity index (χ1n) is 35.2. The Kier molecular flexibility index (Phi) is 26.2. The number of anilines is 4. The van der Waals surface area contributed by atoms with E-state index in [-0.39, 0.29) is 0 Å². The maximum absolute atomic E-state index is 5.82. The molecule has 1 aliphatic carbocycles. The monoisotopic (exact) mass is 1280 g/mol. The van der Waals surface area contributed by atoms with E-state index in [9.17, 15) is 0 Å². The van der Waals surface area contributed by atoms with Gasteiger partial charge in [-0.25, -0.2) is 19.6 Å². The topological polar surface area (TPSA) is 74.5 Å². The third-order valence-electron chi connectivity index (χ3n) is 18.1. The second kappa shape index (κ2) is 32.6. The first-order valence-corrected chi connectivity index (χ1v) is 36.8. The summed E-state index contributed by atoms with van der Waals surface area (Å²) in [7, 11) is 0. The smallest absolute Gasteiger partial charge is 0.392 e. The summed E-state index contributed by atoms with van der Waals surface area (Å²) < 4.78 is 22.7. The molecule has 2 N–H and O–H groups in total. The molecule has 6 aromatic heterocycles. The molecule has 11 heterocycles. The van der Waals surface area contributed by atoms with Crippen molar-refractivity contribution in [2.24, 2.45) is 0 Å². The molecule has 0 atom stereocenters. The fourth-order valence-electron chi connectivity index (χ4n) is 13.4. The highest BCUT2D eigenvalue weighted by atomic mass is 32.1. The number of aryl methyl sites for hydroxylation is 1. The fourth-order valence-corrected chi connectivity index (χ4v) is 16.1. The molecule has 12 rings (SSSR count). The number of imidazole rings is 1. The van der Waals surface area contributed by atoms with E-state index in [4.69, 9.17) is 4.74 Å². The fraction of sp³-hybridized carbons (Fsp3) is 0.676. The van der Waals surface area contributed by atoms with Gasteiger partial charge in [0.05, 0.1) is 36.0 Å². The van der Waals surface area contributed by atoms with Crippen molar-refractivity contribution in [3.63, 3.8) is 0 Å². The Morgan fingerprint density at radius 2 is 1.12 bits per heavy atom. The van der Waals surface area contributed by atoms with Gasteiger partial charge < -0.3 is 25.0 Å². The minimum atomic E-state index is 0.432. The molecule has 0 saturated carbocycles. The van der Waals surface area contributed by atoms with Gasteiger partial charge in [-0.3, -0.25) is 0 Å². The van der Waals surface area contributed by atoms with Crippen LogP contribution in [0.1, 0.15) is 271 Å². The van der Waals surface area contributed by atoms with E-state index in [1.165, 1.54) is 102 Å². The van der Waals surface area contributed by atoms with E-state index in [1.54, 1.807) is 15.6 Å². The van der Waals surface area contributed by atoms with Crippen LogP contribution in [0.3, 0.4) is 0 Å². The van der Waals surface area contributed by atoms with Gasteiger partial charge >= 0.3 is 5.88 Å². The van der Waals surface area contributed by atoms with Crippen LogP contribution in [0, 0.1) is 0 Å². The van der Waals surface area contributed by atoms with Gasteiger partial charge in [0, 0.05) is 93.1 Å². The maximum atomic E-state index is 5.82. The number of fused-ring (bicyclic) bond motifs is 6. The Bertz CT molecular complexity index is 3110. The molecule has 14 nitrogen and oxygen atoms in total. The SMILES string of the molecule is CC(C)N1CCOc2c1ccc[n+]2C(C)C.CC(C)N1CCc2c(ccc[n+]2C(C)C)N1.CC(C)N1CCc2c[n+](C(C)C)sc21.CC(C)N1NCCc2c1ccc[n+]2C(C)C.CC(C)c1c[n+](C(C)C)c2n1CCC2.CC(C)c1sc2c([n+]1C(C)C)CCC2. The molecular formula is C74H125N13OS2+6. The summed E-state index contributed by atoms with van der Waals surface area (Å²) in [4.78, 5) is 6.57. The number of aromatic nitrogens is 7. The molecule has 0 spiro atoms. The van der Waals surface area contributed by atoms with Crippen LogP contribution in [0.25, 0.3) is 0 Å². The van der Waals surface area contributed by atoms with Crippen LogP contribution in [0.2, 0.25) is 0 Å². The molecule has 16 heteroatoms. The summed E-state index contributed by atoms with van der Waals surface area (Å²) in [6.45, 7) is 60.3. The minimum Gasteiger partial charge on any atom is -0.441 e. The zero-order valence-electron chi connectivity index (χ0n) is 60.8. The van der Waals surface area contributed by atoms with Crippen molar-refractivity contribution in [2.75, 3.05) is 53.0 Å². The highest BCUT2D eigenvalue weighted by Crippen LogP contribution is 2.35. The zero-order chi connectivity index (χ0) is 66.0. The van der Waals surface area contributed by atoms with Crippen molar-refractivity contribution in [1.82, 2.24) is 15.0 Å². The number of ether oxygens (including phenoxy) is 1. The second-order valence-corrected chi connectivity index (χ2v) is 31.1. The van der Waals surface area contributed by atoms with Crippen LogP contribution < -0.4 is 57.2 Å². The highest BCUT2D eigenvalue weighted by molar-refractivity contribution is 7.11. The van der Waals surface area contributed by atoms with Crippen LogP contribution in [0.15, 0.2) is 67.4 Å². The minimum absolute atomic E-state index is 0.432. The van der Waals surface area contributed by atoms with Crippen molar-refractivity contribution in [3.05, 3.63) is 111 Å². The molecule has 498 valence electrons. The molecule has 5 aliphatic heterocycles. The molecule has 0 aromatic carbocycles. The number of nitrogens with one attached hydrogen (secondary N) is 2. The Morgan fingerprint density at radius 1 is 0.500 bits per heavy atom. The quantitative estimate of drug-likeness (QED) is 0.118. The third kappa shape index (κ3) is 17.3. The number of hydrogen-bond donors (Lipinski definition) is 2. The predicted octanol–water partition coefficient (Wildman–Crippen LogP) is 14.2. The van der Waals surface area contributed by atoms with Gasteiger partial charge in [0.1, 0.15) is 29.9 Å². The Morgan fingerprint density at radius 3 is 1.70 bits per heavy atom. The lowest BCUT2D eigenvalue weighted by Crippen LogP contribution is -2.52. The van der Waals surface area contributed by atoms with Crippen molar-refractivity contribution in [2.45, 2.75) is 296 Å². The summed E-state index contributed by atoms with van der Waals surface area (Å²) in [5.41, 5.74) is 18.3. The lowest BCUT2D eigenvalue weighted by atomic mass is 10.1. The number of thiazole rings is 1. The van der Waals surface area contributed by atoms with Gasteiger partial charge in [-0.05, 0) is 182 Å². The number of hydrazine groups is 2. The zero-order valence-corrected chi connectivity index (χ0v) is 62.5. The van der Waals surface area contributed by atoms with Crippen molar-refractivity contribution in [3.8, 4) is 5.88 Å². The summed E-state index contributed by atoms with van der Waals surface area (Å²) in [5.74, 6) is 3.86. The lowest BCUT2D eigenvalue weighted by Gasteiger charge is -2.33. The Labute approximate surface area is 555 Å². The molecule has 6 aromatic rings. The summed E-state index contributed by atoms with van der Waals surface area (Å²) in [6.07, 6.45) is 21.2. The average Bonchev–Trinajstić information content (AvgIpc) is 1.72. The molecule has 0 amide bonds. The largest absolute Gasteiger partial charge is 0.441 e. The van der Waals surface area contributed by atoms with E-state index in [1.807, 2.05) is 22.9 Å². The maximum Gasteiger partial charge on any atom is 0.392 e. The Hall–Kier alpha value is -5.16. The summed E-state index contributed by atoms with van der Waals surface area (Å²) >= 11 is 3.96. The second-order valence-electron chi connectivity index (χ2n) is 29.0. The van der Waals surface area contributed by atoms with E-state index in [2.05, 4.69) is 296 Å². The van der Waals surface area contributed by atoms with Crippen LogP contribution >= 0.6 is 22.9 Å². The van der Waals surface area contributed by atoms with Crippen molar-refractivity contribution < 1.29 is 31.5 Å². The normalized spacial score (nSPS) is 15.7. The number of rotatable bonds is 12. The van der Waals surface area contributed by atoms with Crippen molar-refractivity contribution >= 4 is 44.9 Å². The van der Waals surface area contributed by atoms with E-state index >= 15 is 0 Å². The number of pyridine rings is 3. The molecule has 90 heavy (non-hydrogen) atoms. The van der Waals surface area contributed by atoms with Crippen molar-refractivity contribution in [1.29, 1.82) is 0 Å². The van der Waals surface area contributed by atoms with E-state index < -0.39 is 0 Å². The summed E-state index contributed by atoms with van der Waals surface area (Å²) in [5, 5.41) is 7.64. The molecule has 0 radical (unpaired) electrons. The third-order valence-corrected chi connectivity index (χ3v) is 21.0. The van der Waals surface area contributed by atoms with Gasteiger partial charge in [0.25, 0.3) is 5.82 Å². The van der Waals surface area contributed by atoms with Crippen LogP contribution in [-0.4, -0.2) is 66.5 Å². The highest BCUT2D eigenvalue weighted by Gasteiger charge is 2.35. The first-order chi connectivity index (χ1) is 42.6. The van der Waals surface area contributed by atoms with Gasteiger partial charge in [0.2, 0.25) is 16.4 Å². The summed E-state index contributed by atoms with van der Waals surface area (Å²) in [6, 6.07) is 18.4.